The van der Waals surface area contributed by atoms with Crippen molar-refractivity contribution in [1.82, 2.24) is 10.2 Å². The lowest BCUT2D eigenvalue weighted by molar-refractivity contribution is 0.197. The van der Waals surface area contributed by atoms with Crippen LogP contribution in [0.15, 0.2) is 10.5 Å². The molecule has 0 aliphatic rings. The Morgan fingerprint density at radius 2 is 2.12 bits per heavy atom. The van der Waals surface area contributed by atoms with Crippen LogP contribution in [0.5, 0.6) is 0 Å². The molecular weight excluding hydrogens is 216 g/mol. The molecule has 1 N–H and O–H groups in total. The number of ether oxygens (including phenoxy) is 1. The highest BCUT2D eigenvalue weighted by Crippen LogP contribution is 2.14. The summed E-state index contributed by atoms with van der Waals surface area (Å²) in [6.45, 7) is 8.63. The first kappa shape index (κ1) is 14.2. The lowest BCUT2D eigenvalue weighted by Crippen LogP contribution is -2.30. The van der Waals surface area contributed by atoms with E-state index in [2.05, 4.69) is 23.3 Å². The van der Waals surface area contributed by atoms with Gasteiger partial charge in [-0.1, -0.05) is 0 Å². The van der Waals surface area contributed by atoms with Crippen molar-refractivity contribution in [3.63, 3.8) is 0 Å². The molecule has 0 aliphatic carbocycles. The van der Waals surface area contributed by atoms with Gasteiger partial charge in [-0.2, -0.15) is 0 Å². The average Bonchev–Trinajstić information content (AvgIpc) is 2.57. The third-order valence-electron chi connectivity index (χ3n) is 2.74. The van der Waals surface area contributed by atoms with Gasteiger partial charge in [0.25, 0.3) is 0 Å². The fourth-order valence-corrected chi connectivity index (χ4v) is 1.78. The van der Waals surface area contributed by atoms with Crippen LogP contribution in [0.25, 0.3) is 0 Å². The highest BCUT2D eigenvalue weighted by atomic mass is 16.5. The van der Waals surface area contributed by atoms with Crippen molar-refractivity contribution in [1.29, 1.82) is 0 Å². The van der Waals surface area contributed by atoms with Gasteiger partial charge in [0.2, 0.25) is 0 Å². The van der Waals surface area contributed by atoms with Gasteiger partial charge in [0, 0.05) is 38.9 Å². The highest BCUT2D eigenvalue weighted by Gasteiger charge is 2.07. The molecule has 4 nitrogen and oxygen atoms in total. The minimum absolute atomic E-state index is 0.768. The number of rotatable bonds is 8. The number of hydrogen-bond donors (Lipinski definition) is 1. The van der Waals surface area contributed by atoms with Crippen LogP contribution in [-0.4, -0.2) is 45.3 Å². The molecule has 98 valence electrons. The summed E-state index contributed by atoms with van der Waals surface area (Å²) >= 11 is 0. The van der Waals surface area contributed by atoms with Crippen LogP contribution in [0.1, 0.15) is 17.1 Å². The van der Waals surface area contributed by atoms with E-state index >= 15 is 0 Å². The summed E-state index contributed by atoms with van der Waals surface area (Å²) in [6.07, 6.45) is 0. The first-order valence-electron chi connectivity index (χ1n) is 6.07. The predicted molar refractivity (Wildman–Crippen MR) is 69.3 cm³/mol. The molecule has 0 saturated heterocycles. The Balaban J connectivity index is 2.20. The molecule has 0 aliphatic heterocycles. The number of methoxy groups -OCH3 is 1. The summed E-state index contributed by atoms with van der Waals surface area (Å²) in [6, 6.07) is 2.12. The second kappa shape index (κ2) is 7.48. The van der Waals surface area contributed by atoms with Crippen LogP contribution < -0.4 is 5.32 Å². The van der Waals surface area contributed by atoms with Gasteiger partial charge >= 0.3 is 0 Å². The molecule has 1 aromatic heterocycles. The summed E-state index contributed by atoms with van der Waals surface area (Å²) in [5, 5.41) is 3.33. The monoisotopic (exact) mass is 240 g/mol. The van der Waals surface area contributed by atoms with E-state index in [0.717, 1.165) is 44.3 Å². The Kier molecular flexibility index (Phi) is 6.26. The maximum atomic E-state index is 5.51. The van der Waals surface area contributed by atoms with Crippen LogP contribution >= 0.6 is 0 Å². The van der Waals surface area contributed by atoms with Crippen molar-refractivity contribution in [3.8, 4) is 0 Å². The smallest absolute Gasteiger partial charge is 0.105 e. The van der Waals surface area contributed by atoms with Gasteiger partial charge in [0.1, 0.15) is 11.5 Å². The number of hydrogen-bond acceptors (Lipinski definition) is 4. The van der Waals surface area contributed by atoms with Crippen LogP contribution in [-0.2, 0) is 11.3 Å². The van der Waals surface area contributed by atoms with Gasteiger partial charge in [-0.05, 0) is 27.0 Å². The second-order valence-corrected chi connectivity index (χ2v) is 4.42. The van der Waals surface area contributed by atoms with Gasteiger partial charge in [-0.25, -0.2) is 0 Å². The quantitative estimate of drug-likeness (QED) is 0.700. The standard InChI is InChI=1S/C13H24N2O2/c1-11-9-13(12(2)17-11)10-15(3)7-5-14-6-8-16-4/h9,14H,5-8,10H2,1-4H3. The zero-order chi connectivity index (χ0) is 12.7. The minimum atomic E-state index is 0.768. The number of nitrogens with zero attached hydrogens (tertiary/aromatic N) is 1. The number of aryl methyl sites for hydroxylation is 2. The third kappa shape index (κ3) is 5.35. The van der Waals surface area contributed by atoms with Crippen molar-refractivity contribution in [2.75, 3.05) is 40.4 Å². The number of likely N-dealkylation sites (N-methyl/N-ethyl adjacent to an activating group) is 1. The van der Waals surface area contributed by atoms with E-state index in [1.54, 1.807) is 7.11 Å². The van der Waals surface area contributed by atoms with Crippen LogP contribution in [0, 0.1) is 13.8 Å². The summed E-state index contributed by atoms with van der Waals surface area (Å²) in [7, 11) is 3.84. The molecule has 0 aromatic carbocycles. The Morgan fingerprint density at radius 3 is 2.71 bits per heavy atom. The zero-order valence-corrected chi connectivity index (χ0v) is 11.4. The maximum absolute atomic E-state index is 5.51. The van der Waals surface area contributed by atoms with E-state index in [1.165, 1.54) is 5.56 Å². The van der Waals surface area contributed by atoms with Crippen LogP contribution in [0.4, 0.5) is 0 Å². The maximum Gasteiger partial charge on any atom is 0.105 e. The molecule has 1 rings (SSSR count). The predicted octanol–water partition coefficient (Wildman–Crippen LogP) is 1.56. The fourth-order valence-electron chi connectivity index (χ4n) is 1.78. The Morgan fingerprint density at radius 1 is 1.35 bits per heavy atom. The van der Waals surface area contributed by atoms with E-state index in [-0.39, 0.29) is 0 Å². The molecule has 0 spiro atoms. The first-order chi connectivity index (χ1) is 8.13. The van der Waals surface area contributed by atoms with Crippen LogP contribution in [0.2, 0.25) is 0 Å². The highest BCUT2D eigenvalue weighted by molar-refractivity contribution is 5.19. The normalized spacial score (nSPS) is 11.4. The summed E-state index contributed by atoms with van der Waals surface area (Å²) in [5.74, 6) is 2.02. The van der Waals surface area contributed by atoms with E-state index in [4.69, 9.17) is 9.15 Å². The molecule has 0 radical (unpaired) electrons. The molecular formula is C13H24N2O2. The van der Waals surface area contributed by atoms with Crippen molar-refractivity contribution < 1.29 is 9.15 Å². The Labute approximate surface area is 104 Å². The van der Waals surface area contributed by atoms with E-state index < -0.39 is 0 Å². The Hall–Kier alpha value is -0.840. The average molecular weight is 240 g/mol. The Bertz CT molecular complexity index is 323. The molecule has 0 fully saturated rings. The molecule has 1 aromatic rings. The first-order valence-corrected chi connectivity index (χ1v) is 6.07. The molecule has 0 saturated carbocycles. The molecule has 0 bridgehead atoms. The lowest BCUT2D eigenvalue weighted by atomic mass is 10.2. The SMILES string of the molecule is COCCNCCN(C)Cc1cc(C)oc1C. The zero-order valence-electron chi connectivity index (χ0n) is 11.4. The molecule has 1 heterocycles. The topological polar surface area (TPSA) is 37.6 Å². The van der Waals surface area contributed by atoms with Crippen molar-refractivity contribution in [3.05, 3.63) is 23.2 Å². The van der Waals surface area contributed by atoms with Crippen molar-refractivity contribution in [2.45, 2.75) is 20.4 Å². The van der Waals surface area contributed by atoms with Gasteiger partial charge in [-0.15, -0.1) is 0 Å². The largest absolute Gasteiger partial charge is 0.466 e. The van der Waals surface area contributed by atoms with Crippen molar-refractivity contribution in [2.24, 2.45) is 0 Å². The van der Waals surface area contributed by atoms with E-state index in [0.29, 0.717) is 0 Å². The molecule has 0 unspecified atom stereocenters. The van der Waals surface area contributed by atoms with Crippen LogP contribution in [0.3, 0.4) is 0 Å². The summed E-state index contributed by atoms with van der Waals surface area (Å²) < 4.78 is 10.5. The summed E-state index contributed by atoms with van der Waals surface area (Å²) in [4.78, 5) is 2.29. The molecule has 0 atom stereocenters. The summed E-state index contributed by atoms with van der Waals surface area (Å²) in [5.41, 5.74) is 1.28. The molecule has 0 amide bonds. The third-order valence-corrected chi connectivity index (χ3v) is 2.74. The van der Waals surface area contributed by atoms with Gasteiger partial charge in [-0.3, -0.25) is 0 Å². The molecule has 17 heavy (non-hydrogen) atoms. The van der Waals surface area contributed by atoms with Gasteiger partial charge in [0.05, 0.1) is 6.61 Å². The van der Waals surface area contributed by atoms with E-state index in [1.807, 2.05) is 13.8 Å². The molecule has 4 heteroatoms. The van der Waals surface area contributed by atoms with Crippen molar-refractivity contribution >= 4 is 0 Å². The fraction of sp³-hybridized carbons (Fsp3) is 0.692. The van der Waals surface area contributed by atoms with E-state index in [9.17, 15) is 0 Å². The lowest BCUT2D eigenvalue weighted by Gasteiger charge is -2.16. The van der Waals surface area contributed by atoms with Gasteiger partial charge in [0.15, 0.2) is 0 Å². The van der Waals surface area contributed by atoms with Gasteiger partial charge < -0.3 is 19.4 Å². The number of nitrogens with one attached hydrogen (secondary N) is 1. The second-order valence-electron chi connectivity index (χ2n) is 4.42. The number of furan rings is 1. The minimum Gasteiger partial charge on any atom is -0.466 e.